The minimum absolute atomic E-state index is 0.0597. The van der Waals surface area contributed by atoms with Gasteiger partial charge in [0, 0.05) is 12.6 Å². The van der Waals surface area contributed by atoms with Crippen molar-refractivity contribution in [3.05, 3.63) is 24.3 Å². The summed E-state index contributed by atoms with van der Waals surface area (Å²) >= 11 is 0. The molecule has 1 heterocycles. The zero-order chi connectivity index (χ0) is 13.3. The molecular weight excluding hydrogens is 256 g/mol. The summed E-state index contributed by atoms with van der Waals surface area (Å²) in [7, 11) is -3.58. The van der Waals surface area contributed by atoms with Gasteiger partial charge in [0.15, 0.2) is 5.78 Å². The fourth-order valence-corrected chi connectivity index (χ4v) is 2.99. The number of carbonyl (C=O) groups excluding carboxylic acids is 2. The van der Waals surface area contributed by atoms with E-state index < -0.39 is 10.0 Å². The molecule has 0 spiro atoms. The van der Waals surface area contributed by atoms with Crippen LogP contribution in [0.1, 0.15) is 6.92 Å². The molecule has 6 nitrogen and oxygen atoms in total. The number of nitrogens with zero attached hydrogens (tertiary/aromatic N) is 1. The number of hydrogen-bond acceptors (Lipinski definition) is 4. The number of benzene rings is 1. The molecule has 0 aliphatic carbocycles. The normalized spacial score (nSPS) is 16.2. The Morgan fingerprint density at radius 3 is 2.22 bits per heavy atom. The van der Waals surface area contributed by atoms with E-state index in [4.69, 9.17) is 0 Å². The minimum atomic E-state index is -3.58. The zero-order valence-corrected chi connectivity index (χ0v) is 10.5. The van der Waals surface area contributed by atoms with E-state index in [1.54, 1.807) is 0 Å². The summed E-state index contributed by atoms with van der Waals surface area (Å²) in [6, 6.07) is 5.83. The van der Waals surface area contributed by atoms with Crippen LogP contribution in [0, 0.1) is 0 Å². The van der Waals surface area contributed by atoms with Crippen molar-refractivity contribution in [3.8, 4) is 0 Å². The lowest BCUT2D eigenvalue weighted by Gasteiger charge is -2.28. The third kappa shape index (κ3) is 2.41. The van der Waals surface area contributed by atoms with Gasteiger partial charge >= 0.3 is 0 Å². The van der Waals surface area contributed by atoms with E-state index in [0.29, 0.717) is 5.69 Å². The van der Waals surface area contributed by atoms with Crippen molar-refractivity contribution in [2.75, 3.05) is 18.4 Å². The molecule has 18 heavy (non-hydrogen) atoms. The van der Waals surface area contributed by atoms with E-state index >= 15 is 0 Å². The summed E-state index contributed by atoms with van der Waals surface area (Å²) in [5, 5.41) is 2.55. The number of hydrogen-bond donors (Lipinski definition) is 1. The number of ketones is 1. The first kappa shape index (κ1) is 12.7. The van der Waals surface area contributed by atoms with Gasteiger partial charge in [-0.15, -0.1) is 0 Å². The van der Waals surface area contributed by atoms with Gasteiger partial charge in [-0.05, 0) is 24.3 Å². The van der Waals surface area contributed by atoms with Crippen LogP contribution in [0.3, 0.4) is 0 Å². The molecule has 0 atom stereocenters. The van der Waals surface area contributed by atoms with Gasteiger partial charge in [-0.3, -0.25) is 9.59 Å². The van der Waals surface area contributed by atoms with Gasteiger partial charge in [0.1, 0.15) is 0 Å². The molecule has 0 unspecified atom stereocenters. The molecule has 0 radical (unpaired) electrons. The highest BCUT2D eigenvalue weighted by atomic mass is 32.2. The van der Waals surface area contributed by atoms with Crippen LogP contribution < -0.4 is 5.32 Å². The molecule has 96 valence electrons. The second kappa shape index (κ2) is 4.51. The Morgan fingerprint density at radius 2 is 1.78 bits per heavy atom. The first-order valence-electron chi connectivity index (χ1n) is 5.29. The molecular formula is C11H12N2O4S. The first-order chi connectivity index (χ1) is 8.39. The minimum Gasteiger partial charge on any atom is -0.326 e. The Hall–Kier alpha value is -1.73. The Labute approximate surface area is 105 Å². The lowest BCUT2D eigenvalue weighted by atomic mass is 10.3. The number of anilines is 1. The molecule has 1 aromatic rings. The second-order valence-corrected chi connectivity index (χ2v) is 5.96. The summed E-state index contributed by atoms with van der Waals surface area (Å²) in [5.41, 5.74) is 0.529. The summed E-state index contributed by atoms with van der Waals surface area (Å²) in [4.78, 5) is 21.7. The molecule has 1 N–H and O–H groups in total. The Morgan fingerprint density at radius 1 is 1.22 bits per heavy atom. The summed E-state index contributed by atoms with van der Waals surface area (Å²) in [6.07, 6.45) is 0. The van der Waals surface area contributed by atoms with E-state index in [1.807, 2.05) is 0 Å². The third-order valence-electron chi connectivity index (χ3n) is 2.52. The Bertz CT molecular complexity index is 584. The average Bonchev–Trinajstić information content (AvgIpc) is 2.24. The van der Waals surface area contributed by atoms with Gasteiger partial charge in [-0.25, -0.2) is 8.42 Å². The number of Topliss-reactive ketones (excluding diaryl/α,β-unsaturated/α-hetero) is 1. The van der Waals surface area contributed by atoms with Crippen LogP contribution in [0.5, 0.6) is 0 Å². The van der Waals surface area contributed by atoms with E-state index in [1.165, 1.54) is 31.2 Å². The fourth-order valence-electron chi connectivity index (χ4n) is 1.58. The topological polar surface area (TPSA) is 83.6 Å². The lowest BCUT2D eigenvalue weighted by molar-refractivity contribution is -0.125. The Kier molecular flexibility index (Phi) is 3.18. The SMILES string of the molecule is CC(=O)Nc1ccc(S(=O)(=O)N2CC(=O)C2)cc1. The van der Waals surface area contributed by atoms with Crippen molar-refractivity contribution in [1.82, 2.24) is 4.31 Å². The van der Waals surface area contributed by atoms with Crippen LogP contribution >= 0.6 is 0 Å². The lowest BCUT2D eigenvalue weighted by Crippen LogP contribution is -2.50. The van der Waals surface area contributed by atoms with E-state index in [9.17, 15) is 18.0 Å². The van der Waals surface area contributed by atoms with Crippen LogP contribution in [0.25, 0.3) is 0 Å². The van der Waals surface area contributed by atoms with Crippen molar-refractivity contribution in [2.24, 2.45) is 0 Å². The van der Waals surface area contributed by atoms with Crippen molar-refractivity contribution in [2.45, 2.75) is 11.8 Å². The smallest absolute Gasteiger partial charge is 0.243 e. The number of amides is 1. The predicted molar refractivity (Wildman–Crippen MR) is 64.5 cm³/mol. The molecule has 0 bridgehead atoms. The van der Waals surface area contributed by atoms with Gasteiger partial charge in [0.2, 0.25) is 15.9 Å². The molecule has 0 aromatic heterocycles. The largest absolute Gasteiger partial charge is 0.326 e. The summed E-state index contributed by atoms with van der Waals surface area (Å²) in [5.74, 6) is -0.313. The standard InChI is InChI=1S/C11H12N2O4S/c1-8(14)12-9-2-4-11(5-3-9)18(16,17)13-6-10(15)7-13/h2-5H,6-7H2,1H3,(H,12,14). The van der Waals surface area contributed by atoms with Crippen LogP contribution in [0.2, 0.25) is 0 Å². The van der Waals surface area contributed by atoms with Gasteiger partial charge < -0.3 is 5.32 Å². The quantitative estimate of drug-likeness (QED) is 0.850. The number of nitrogens with one attached hydrogen (secondary N) is 1. The first-order valence-corrected chi connectivity index (χ1v) is 6.73. The van der Waals surface area contributed by atoms with E-state index in [2.05, 4.69) is 5.32 Å². The van der Waals surface area contributed by atoms with Crippen LogP contribution in [-0.4, -0.2) is 37.5 Å². The van der Waals surface area contributed by atoms with Crippen molar-refractivity contribution in [1.29, 1.82) is 0 Å². The van der Waals surface area contributed by atoms with Crippen LogP contribution in [-0.2, 0) is 19.6 Å². The highest BCUT2D eigenvalue weighted by Crippen LogP contribution is 2.21. The molecule has 1 aromatic carbocycles. The molecule has 1 saturated heterocycles. The van der Waals surface area contributed by atoms with Crippen molar-refractivity contribution < 1.29 is 18.0 Å². The van der Waals surface area contributed by atoms with Gasteiger partial charge in [-0.1, -0.05) is 0 Å². The number of sulfonamides is 1. The molecule has 1 fully saturated rings. The number of rotatable bonds is 3. The second-order valence-electron chi connectivity index (χ2n) is 4.02. The van der Waals surface area contributed by atoms with Gasteiger partial charge in [0.25, 0.3) is 0 Å². The number of carbonyl (C=O) groups is 2. The summed E-state index contributed by atoms with van der Waals surface area (Å²) < 4.78 is 25.1. The van der Waals surface area contributed by atoms with Gasteiger partial charge in [0.05, 0.1) is 18.0 Å². The maximum atomic E-state index is 12.0. The highest BCUT2D eigenvalue weighted by molar-refractivity contribution is 7.89. The molecule has 1 aliphatic rings. The molecule has 2 rings (SSSR count). The zero-order valence-electron chi connectivity index (χ0n) is 9.71. The maximum Gasteiger partial charge on any atom is 0.243 e. The fraction of sp³-hybridized carbons (Fsp3) is 0.273. The van der Waals surface area contributed by atoms with E-state index in [-0.39, 0.29) is 29.7 Å². The molecule has 7 heteroatoms. The molecule has 1 amide bonds. The van der Waals surface area contributed by atoms with E-state index in [0.717, 1.165) is 4.31 Å². The van der Waals surface area contributed by atoms with Crippen LogP contribution in [0.15, 0.2) is 29.2 Å². The maximum absolute atomic E-state index is 12.0. The monoisotopic (exact) mass is 268 g/mol. The Balaban J connectivity index is 2.19. The third-order valence-corrected chi connectivity index (χ3v) is 4.32. The van der Waals surface area contributed by atoms with Gasteiger partial charge in [-0.2, -0.15) is 4.31 Å². The highest BCUT2D eigenvalue weighted by Gasteiger charge is 2.35. The predicted octanol–water partition coefficient (Wildman–Crippen LogP) is 0.218. The molecule has 1 aliphatic heterocycles. The average molecular weight is 268 g/mol. The van der Waals surface area contributed by atoms with Crippen LogP contribution in [0.4, 0.5) is 5.69 Å². The van der Waals surface area contributed by atoms with Crippen molar-refractivity contribution in [3.63, 3.8) is 0 Å². The molecule has 0 saturated carbocycles. The summed E-state index contributed by atoms with van der Waals surface area (Å²) in [6.45, 7) is 1.25. The van der Waals surface area contributed by atoms with Crippen molar-refractivity contribution >= 4 is 27.4 Å².